The molecule has 2 aromatic rings. The van der Waals surface area contributed by atoms with E-state index in [-0.39, 0.29) is 17.8 Å². The summed E-state index contributed by atoms with van der Waals surface area (Å²) in [6.45, 7) is 7.45. The highest BCUT2D eigenvalue weighted by molar-refractivity contribution is 6.06. The fourth-order valence-electron chi connectivity index (χ4n) is 6.24. The zero-order valence-electron chi connectivity index (χ0n) is 21.2. The maximum absolute atomic E-state index is 13.1. The number of Topliss-reactive ketones (excluding diaryl/α,β-unsaturated/α-hetero) is 1. The molecule has 0 bridgehead atoms. The van der Waals surface area contributed by atoms with Crippen molar-refractivity contribution in [1.82, 2.24) is 0 Å². The minimum absolute atomic E-state index is 0.00543. The Morgan fingerprint density at radius 3 is 2.17 bits per heavy atom. The summed E-state index contributed by atoms with van der Waals surface area (Å²) in [4.78, 5) is 26.0. The summed E-state index contributed by atoms with van der Waals surface area (Å²) in [6, 6.07) is 20.2. The van der Waals surface area contributed by atoms with Gasteiger partial charge in [0.25, 0.3) is 0 Å². The van der Waals surface area contributed by atoms with Crippen molar-refractivity contribution in [1.29, 1.82) is 0 Å². The summed E-state index contributed by atoms with van der Waals surface area (Å²) in [7, 11) is 1.39. The van der Waals surface area contributed by atoms with Gasteiger partial charge in [-0.2, -0.15) is 0 Å². The van der Waals surface area contributed by atoms with E-state index in [9.17, 15) is 9.59 Å². The summed E-state index contributed by atoms with van der Waals surface area (Å²) in [5, 5.41) is 0. The van der Waals surface area contributed by atoms with E-state index in [0.29, 0.717) is 37.4 Å². The third kappa shape index (κ3) is 4.98. The predicted octanol–water partition coefficient (Wildman–Crippen LogP) is 5.67. The molecule has 0 spiro atoms. The summed E-state index contributed by atoms with van der Waals surface area (Å²) in [5.41, 5.74) is 2.32. The van der Waals surface area contributed by atoms with E-state index in [1.54, 1.807) is 6.92 Å². The molecule has 0 amide bonds. The van der Waals surface area contributed by atoms with Crippen molar-refractivity contribution in [2.45, 2.75) is 59.4 Å². The number of carbonyl (C=O) groups is 2. The second kappa shape index (κ2) is 10.5. The number of esters is 1. The molecule has 2 aliphatic rings. The lowest BCUT2D eigenvalue weighted by atomic mass is 9.48. The number of benzene rings is 2. The molecular weight excluding hydrogens is 440 g/mol. The first-order chi connectivity index (χ1) is 16.8. The van der Waals surface area contributed by atoms with Gasteiger partial charge in [-0.15, -0.1) is 0 Å². The Morgan fingerprint density at radius 1 is 0.971 bits per heavy atom. The second-order valence-corrected chi connectivity index (χ2v) is 10.4. The first-order valence-corrected chi connectivity index (χ1v) is 12.4. The van der Waals surface area contributed by atoms with Gasteiger partial charge in [0.05, 0.1) is 33.0 Å². The molecule has 0 aromatic heterocycles. The van der Waals surface area contributed by atoms with Crippen LogP contribution in [0, 0.1) is 16.7 Å². The molecule has 2 aliphatic carbocycles. The van der Waals surface area contributed by atoms with E-state index in [1.807, 2.05) is 48.5 Å². The predicted molar refractivity (Wildman–Crippen MR) is 134 cm³/mol. The zero-order chi connectivity index (χ0) is 25.1. The number of fused-ring (bicyclic) bond motifs is 1. The molecule has 0 radical (unpaired) electrons. The molecule has 2 aromatic carbocycles. The average Bonchev–Trinajstić information content (AvgIpc) is 2.86. The fourth-order valence-corrected chi connectivity index (χ4v) is 6.24. The number of rotatable bonds is 8. The Hall–Kier alpha value is -2.76. The van der Waals surface area contributed by atoms with Crippen LogP contribution >= 0.6 is 0 Å². The van der Waals surface area contributed by atoms with Gasteiger partial charge in [0.15, 0.2) is 5.78 Å². The van der Waals surface area contributed by atoms with Crippen molar-refractivity contribution < 1.29 is 23.8 Å². The zero-order valence-corrected chi connectivity index (χ0v) is 21.2. The van der Waals surface area contributed by atoms with E-state index >= 15 is 0 Å². The van der Waals surface area contributed by atoms with Gasteiger partial charge in [-0.25, -0.2) is 4.79 Å². The highest BCUT2D eigenvalue weighted by Crippen LogP contribution is 2.60. The van der Waals surface area contributed by atoms with Gasteiger partial charge < -0.3 is 14.2 Å². The smallest absolute Gasteiger partial charge is 0.334 e. The summed E-state index contributed by atoms with van der Waals surface area (Å²) in [6.07, 6.45) is 1.79. The minimum atomic E-state index is -0.484. The fraction of sp³-hybridized carbons (Fsp3) is 0.467. The Kier molecular flexibility index (Phi) is 7.58. The number of hydrogen-bond donors (Lipinski definition) is 0. The van der Waals surface area contributed by atoms with E-state index in [2.05, 4.69) is 26.0 Å². The topological polar surface area (TPSA) is 61.8 Å². The van der Waals surface area contributed by atoms with E-state index < -0.39 is 16.8 Å². The van der Waals surface area contributed by atoms with Gasteiger partial charge in [-0.3, -0.25) is 4.79 Å². The van der Waals surface area contributed by atoms with E-state index in [4.69, 9.17) is 14.2 Å². The number of allylic oxidation sites excluding steroid dienone is 1. The molecule has 4 rings (SSSR count). The standard InChI is InChI=1S/C30H36O5/c1-21-24(31)17-25-29(2,27(21)28(32)33-4)16-15-26(35-19-23-13-9-6-10-14-23)30(25,3)20-34-18-22-11-7-5-8-12-22/h5-14,25-26H,15-20H2,1-4H3/t25-,26+,29+,30+/m1/s1. The maximum Gasteiger partial charge on any atom is 0.334 e. The monoisotopic (exact) mass is 476 g/mol. The Balaban J connectivity index is 1.64. The quantitative estimate of drug-likeness (QED) is 0.459. The molecule has 0 N–H and O–H groups in total. The molecule has 5 nitrogen and oxygen atoms in total. The van der Waals surface area contributed by atoms with Crippen molar-refractivity contribution in [2.24, 2.45) is 16.7 Å². The molecule has 35 heavy (non-hydrogen) atoms. The number of ether oxygens (including phenoxy) is 3. The molecule has 0 aliphatic heterocycles. The largest absolute Gasteiger partial charge is 0.466 e. The van der Waals surface area contributed by atoms with Gasteiger partial charge in [0, 0.05) is 28.4 Å². The van der Waals surface area contributed by atoms with E-state index in [0.717, 1.165) is 24.0 Å². The first kappa shape index (κ1) is 25.3. The molecule has 0 unspecified atom stereocenters. The van der Waals surface area contributed by atoms with Crippen molar-refractivity contribution in [3.63, 3.8) is 0 Å². The van der Waals surface area contributed by atoms with Crippen LogP contribution in [-0.2, 0) is 37.0 Å². The van der Waals surface area contributed by atoms with Gasteiger partial charge in [0.2, 0.25) is 0 Å². The van der Waals surface area contributed by atoms with Crippen LogP contribution in [0.4, 0.5) is 0 Å². The Bertz CT molecular complexity index is 1080. The Morgan fingerprint density at radius 2 is 1.57 bits per heavy atom. The first-order valence-electron chi connectivity index (χ1n) is 12.4. The SMILES string of the molecule is COC(=O)C1=C(C)C(=O)C[C@H]2[C@](C)(COCc3ccccc3)[C@@H](OCc3ccccc3)CC[C@]12C. The lowest BCUT2D eigenvalue weighted by Gasteiger charge is -2.57. The molecule has 1 saturated carbocycles. The van der Waals surface area contributed by atoms with E-state index in [1.165, 1.54) is 7.11 Å². The molecule has 0 heterocycles. The van der Waals surface area contributed by atoms with Crippen LogP contribution in [0.15, 0.2) is 71.8 Å². The van der Waals surface area contributed by atoms with Crippen LogP contribution in [0.25, 0.3) is 0 Å². The molecule has 5 heteroatoms. The van der Waals surface area contributed by atoms with Crippen LogP contribution in [0.2, 0.25) is 0 Å². The summed E-state index contributed by atoms with van der Waals surface area (Å²) in [5.74, 6) is -0.504. The third-order valence-corrected chi connectivity index (χ3v) is 8.19. The minimum Gasteiger partial charge on any atom is -0.466 e. The number of methoxy groups -OCH3 is 1. The van der Waals surface area contributed by atoms with Gasteiger partial charge in [-0.1, -0.05) is 74.5 Å². The highest BCUT2D eigenvalue weighted by Gasteiger charge is 2.59. The van der Waals surface area contributed by atoms with Crippen molar-refractivity contribution in [2.75, 3.05) is 13.7 Å². The van der Waals surface area contributed by atoms with Gasteiger partial charge in [0.1, 0.15) is 0 Å². The maximum atomic E-state index is 13.1. The lowest BCUT2D eigenvalue weighted by molar-refractivity contribution is -0.171. The Labute approximate surface area is 208 Å². The van der Waals surface area contributed by atoms with Crippen LogP contribution < -0.4 is 0 Å². The molecule has 1 fully saturated rings. The van der Waals surface area contributed by atoms with Crippen LogP contribution in [-0.4, -0.2) is 31.6 Å². The number of carbonyl (C=O) groups excluding carboxylic acids is 2. The van der Waals surface area contributed by atoms with Crippen LogP contribution in [0.3, 0.4) is 0 Å². The van der Waals surface area contributed by atoms with Crippen molar-refractivity contribution in [3.8, 4) is 0 Å². The highest BCUT2D eigenvalue weighted by atomic mass is 16.5. The number of ketones is 1. The third-order valence-electron chi connectivity index (χ3n) is 8.19. The lowest BCUT2D eigenvalue weighted by Crippen LogP contribution is -2.58. The molecule has 0 saturated heterocycles. The molecule has 186 valence electrons. The summed E-state index contributed by atoms with van der Waals surface area (Å²) < 4.78 is 18.0. The van der Waals surface area contributed by atoms with Crippen molar-refractivity contribution in [3.05, 3.63) is 82.9 Å². The molecule has 4 atom stereocenters. The van der Waals surface area contributed by atoms with Crippen LogP contribution in [0.1, 0.15) is 51.2 Å². The summed E-state index contributed by atoms with van der Waals surface area (Å²) >= 11 is 0. The number of hydrogen-bond acceptors (Lipinski definition) is 5. The average molecular weight is 477 g/mol. The van der Waals surface area contributed by atoms with Gasteiger partial charge >= 0.3 is 5.97 Å². The second-order valence-electron chi connectivity index (χ2n) is 10.4. The van der Waals surface area contributed by atoms with Crippen LogP contribution in [0.5, 0.6) is 0 Å². The normalized spacial score (nSPS) is 28.5. The van der Waals surface area contributed by atoms with Crippen molar-refractivity contribution >= 4 is 11.8 Å². The van der Waals surface area contributed by atoms with Gasteiger partial charge in [-0.05, 0) is 36.8 Å². The molecular formula is C30H36O5.